The minimum absolute atomic E-state index is 0.0225. The minimum Gasteiger partial charge on any atom is -0.343 e. The number of hydrogen-bond donors (Lipinski definition) is 11. The molecule has 1 aromatic carbocycles. The SMILES string of the molecule is Cc1sc2cc1CC1=C(CCC1)c1cc(sc1C)C(=O)NNC(=O)[C@H](CC(C)C)NC(=O)[C@@H](CCCN)NC(=O)[C@H](C(C)C)NC(=O)[C@@H]1CCCN1C(=O)[C@@H](Cc1ccccc1)NC(=O)[C@H](CC(C)C)NC(=O)[C@@H](CCCN)NC(=O)[C@H](C(C)C)NC2=O. The predicted molar refractivity (Wildman–Crippen MR) is 341 cm³/mol. The first-order valence-electron chi connectivity index (χ1n) is 31.2. The van der Waals surface area contributed by atoms with Crippen molar-refractivity contribution in [3.05, 3.63) is 84.2 Å². The van der Waals surface area contributed by atoms with Crippen LogP contribution in [-0.2, 0) is 51.2 Å². The summed E-state index contributed by atoms with van der Waals surface area (Å²) in [5.41, 5.74) is 21.7. The van der Waals surface area contributed by atoms with Crippen LogP contribution in [0.2, 0.25) is 0 Å². The molecular formula is C64H94N12O10S2. The quantitative estimate of drug-likeness (QED) is 0.106. The van der Waals surface area contributed by atoms with E-state index in [0.717, 1.165) is 45.7 Å². The van der Waals surface area contributed by atoms with Crippen LogP contribution in [-0.4, -0.2) is 132 Å². The summed E-state index contributed by atoms with van der Waals surface area (Å²) >= 11 is 2.59. The molecule has 1 aliphatic carbocycles. The van der Waals surface area contributed by atoms with E-state index < -0.39 is 119 Å². The molecular weight excluding hydrogens is 1160 g/mol. The molecule has 3 aliphatic rings. The van der Waals surface area contributed by atoms with Crippen LogP contribution < -0.4 is 59.5 Å². The van der Waals surface area contributed by atoms with Gasteiger partial charge in [-0.3, -0.25) is 58.8 Å². The largest absolute Gasteiger partial charge is 0.343 e. The zero-order valence-corrected chi connectivity index (χ0v) is 54.4. The molecule has 0 spiro atoms. The first kappa shape index (κ1) is 70.1. The standard InChI is InChI=1S/C64H94N12O10S2/c1-34(2)28-47-57(79)71-49(30-40-18-12-11-13-19-40)64(86)76-27-17-24-50(76)59(81)72-53(36(5)6)62(84)67-46(23-16-26-66)56(78)70-48(29-35(3)4)58(80)74-75-61(83)52-33-44(39(10)88-52)43-21-14-20-41(43)31-42-32-51(87-38(42)9)60(82)73-54(37(7)8)63(85)68-45(22-15-25-65)55(77)69-47/h11-13,18-19,32-37,45-50,53-54H,14-17,20-31,65-66H2,1-10H3,(H,67,84)(H,68,85)(H,69,77)(H,70,78)(H,71,79)(H,72,81)(H,73,82)(H,74,80)(H,75,83)/t45-,46-,47+,48+,49-,50+,53+,54+/m1/s1. The average Bonchev–Trinajstić information content (AvgIpc) is 2.04. The molecule has 88 heavy (non-hydrogen) atoms. The monoisotopic (exact) mass is 1250 g/mol. The van der Waals surface area contributed by atoms with Crippen LogP contribution >= 0.6 is 22.7 Å². The Kier molecular flexibility index (Phi) is 26.3. The van der Waals surface area contributed by atoms with Gasteiger partial charge in [-0.1, -0.05) is 91.3 Å². The molecule has 6 rings (SSSR count). The first-order valence-corrected chi connectivity index (χ1v) is 32.8. The molecule has 0 radical (unpaired) electrons. The van der Waals surface area contributed by atoms with E-state index in [0.29, 0.717) is 41.0 Å². The summed E-state index contributed by atoms with van der Waals surface area (Å²) in [5, 5.41) is 20.0. The lowest BCUT2D eigenvalue weighted by Gasteiger charge is -2.32. The lowest BCUT2D eigenvalue weighted by atomic mass is 9.97. The van der Waals surface area contributed by atoms with Crippen molar-refractivity contribution in [2.75, 3.05) is 19.6 Å². The fourth-order valence-corrected chi connectivity index (χ4v) is 13.4. The number of hydrazine groups is 1. The highest BCUT2D eigenvalue weighted by molar-refractivity contribution is 7.14. The van der Waals surface area contributed by atoms with E-state index in [2.05, 4.69) is 48.1 Å². The smallest absolute Gasteiger partial charge is 0.279 e. The van der Waals surface area contributed by atoms with Gasteiger partial charge in [0.2, 0.25) is 41.4 Å². The number of hydrogen-bond acceptors (Lipinski definition) is 14. The van der Waals surface area contributed by atoms with Gasteiger partial charge in [0, 0.05) is 22.7 Å². The maximum atomic E-state index is 15.0. The molecule has 24 heteroatoms. The van der Waals surface area contributed by atoms with Crippen LogP contribution in [0.3, 0.4) is 0 Å². The van der Waals surface area contributed by atoms with Crippen molar-refractivity contribution in [1.82, 2.24) is 53.0 Å². The minimum atomic E-state index is -1.22. The summed E-state index contributed by atoms with van der Waals surface area (Å²) in [6, 6.07) is 3.46. The first-order chi connectivity index (χ1) is 41.8. The molecule has 22 nitrogen and oxygen atoms in total. The molecule has 4 heterocycles. The number of allylic oxidation sites excluding steroid dienone is 2. The van der Waals surface area contributed by atoms with Crippen LogP contribution in [0, 0.1) is 37.5 Å². The molecule has 2 aliphatic heterocycles. The molecule has 4 bridgehead atoms. The predicted octanol–water partition coefficient (Wildman–Crippen LogP) is 4.50. The van der Waals surface area contributed by atoms with Gasteiger partial charge >= 0.3 is 0 Å². The molecule has 3 aromatic rings. The van der Waals surface area contributed by atoms with E-state index in [1.165, 1.54) is 33.1 Å². The zero-order valence-electron chi connectivity index (χ0n) is 52.8. The topological polar surface area (TPSA) is 334 Å². The fraction of sp³-hybridized carbons (Fsp3) is 0.594. The van der Waals surface area contributed by atoms with Crippen LogP contribution in [0.4, 0.5) is 0 Å². The van der Waals surface area contributed by atoms with Crippen LogP contribution in [0.5, 0.6) is 0 Å². The Morgan fingerprint density at radius 2 is 1.07 bits per heavy atom. The molecule has 10 amide bonds. The van der Waals surface area contributed by atoms with Gasteiger partial charge < -0.3 is 53.6 Å². The lowest BCUT2D eigenvalue weighted by Crippen LogP contribution is -2.61. The summed E-state index contributed by atoms with van der Waals surface area (Å²) in [6.07, 6.45) is 4.89. The molecule has 8 atom stereocenters. The highest BCUT2D eigenvalue weighted by Crippen LogP contribution is 2.41. The van der Waals surface area contributed by atoms with E-state index in [-0.39, 0.29) is 70.0 Å². The van der Waals surface area contributed by atoms with Crippen molar-refractivity contribution in [1.29, 1.82) is 0 Å². The number of aryl methyl sites for hydroxylation is 2. The summed E-state index contributed by atoms with van der Waals surface area (Å²) < 4.78 is 0. The molecule has 1 saturated heterocycles. The number of carbonyl (C=O) groups excluding carboxylic acids is 10. The van der Waals surface area contributed by atoms with Gasteiger partial charge in [0.05, 0.1) is 9.75 Å². The molecule has 2 aromatic heterocycles. The number of rotatable bonds is 14. The zero-order chi connectivity index (χ0) is 64.5. The number of carbonyl (C=O) groups is 10. The molecule has 0 unspecified atom stereocenters. The maximum absolute atomic E-state index is 15.0. The second-order valence-electron chi connectivity index (χ2n) is 25.1. The number of nitrogens with two attached hydrogens (primary N) is 2. The third-order valence-corrected chi connectivity index (χ3v) is 18.4. The lowest BCUT2D eigenvalue weighted by molar-refractivity contribution is -0.143. The van der Waals surface area contributed by atoms with Crippen molar-refractivity contribution < 1.29 is 47.9 Å². The Morgan fingerprint density at radius 1 is 0.545 bits per heavy atom. The summed E-state index contributed by atoms with van der Waals surface area (Å²) in [6.45, 7) is 18.9. The van der Waals surface area contributed by atoms with Crippen LogP contribution in [0.25, 0.3) is 5.57 Å². The summed E-state index contributed by atoms with van der Waals surface area (Å²) in [4.78, 5) is 147. The van der Waals surface area contributed by atoms with Gasteiger partial charge in [0.25, 0.3) is 17.7 Å². The van der Waals surface area contributed by atoms with Crippen LogP contribution in [0.1, 0.15) is 172 Å². The number of amides is 10. The van der Waals surface area contributed by atoms with Gasteiger partial charge in [-0.15, -0.1) is 22.7 Å². The average molecular weight is 1260 g/mol. The number of benzene rings is 1. The van der Waals surface area contributed by atoms with E-state index in [9.17, 15) is 47.9 Å². The van der Waals surface area contributed by atoms with Crippen molar-refractivity contribution in [2.24, 2.45) is 35.1 Å². The second kappa shape index (κ2) is 33.0. The van der Waals surface area contributed by atoms with Gasteiger partial charge in [0.1, 0.15) is 48.3 Å². The third kappa shape index (κ3) is 19.2. The van der Waals surface area contributed by atoms with E-state index in [4.69, 9.17) is 11.5 Å². The van der Waals surface area contributed by atoms with Crippen molar-refractivity contribution in [2.45, 2.75) is 201 Å². The Bertz CT molecular complexity index is 3010. The molecule has 482 valence electrons. The molecule has 0 saturated carbocycles. The maximum Gasteiger partial charge on any atom is 0.279 e. The highest BCUT2D eigenvalue weighted by Gasteiger charge is 2.41. The Balaban J connectivity index is 1.36. The summed E-state index contributed by atoms with van der Waals surface area (Å²) in [5.74, 6) is -7.33. The molecule has 1 fully saturated rings. The van der Waals surface area contributed by atoms with Crippen molar-refractivity contribution in [3.8, 4) is 0 Å². The summed E-state index contributed by atoms with van der Waals surface area (Å²) in [7, 11) is 0. The second-order valence-corrected chi connectivity index (χ2v) is 27.6. The third-order valence-electron chi connectivity index (χ3n) is 16.3. The molecule has 13 N–H and O–H groups in total. The van der Waals surface area contributed by atoms with E-state index in [1.54, 1.807) is 52.0 Å². The number of nitrogens with zero attached hydrogens (tertiary/aromatic N) is 1. The Hall–Kier alpha value is -7.02. The van der Waals surface area contributed by atoms with Gasteiger partial charge in [0.15, 0.2) is 0 Å². The van der Waals surface area contributed by atoms with Crippen molar-refractivity contribution >= 4 is 87.3 Å². The highest BCUT2D eigenvalue weighted by atomic mass is 32.1. The normalized spacial score (nSPS) is 24.0. The Labute approximate surface area is 525 Å². The van der Waals surface area contributed by atoms with Crippen molar-refractivity contribution in [3.63, 3.8) is 0 Å². The number of thiophene rings is 2. The van der Waals surface area contributed by atoms with E-state index in [1.807, 2.05) is 59.7 Å². The van der Waals surface area contributed by atoms with Gasteiger partial charge in [-0.2, -0.15) is 0 Å². The van der Waals surface area contributed by atoms with Gasteiger partial charge in [-0.25, -0.2) is 0 Å². The Morgan fingerprint density at radius 3 is 1.64 bits per heavy atom. The van der Waals surface area contributed by atoms with Gasteiger partial charge in [-0.05, 0) is 162 Å². The fourth-order valence-electron chi connectivity index (χ4n) is 11.5. The van der Waals surface area contributed by atoms with Crippen LogP contribution in [0.15, 0.2) is 48.0 Å². The van der Waals surface area contributed by atoms with E-state index >= 15 is 0 Å². The number of nitrogens with one attached hydrogen (secondary N) is 9. The number of fused-ring (bicyclic) bond motifs is 6.